The fourth-order valence-corrected chi connectivity index (χ4v) is 3.29. The third-order valence-corrected chi connectivity index (χ3v) is 5.29. The molecule has 0 bridgehead atoms. The summed E-state index contributed by atoms with van der Waals surface area (Å²) in [6.07, 6.45) is 1.23. The van der Waals surface area contributed by atoms with Gasteiger partial charge in [-0.25, -0.2) is 13.4 Å². The molecule has 0 N–H and O–H groups in total. The van der Waals surface area contributed by atoms with Gasteiger partial charge in [-0.15, -0.1) is 0 Å². The van der Waals surface area contributed by atoms with Crippen LogP contribution in [0.25, 0.3) is 0 Å². The second kappa shape index (κ2) is 6.83. The lowest BCUT2D eigenvalue weighted by Crippen LogP contribution is -2.26. The van der Waals surface area contributed by atoms with Gasteiger partial charge in [0.05, 0.1) is 7.11 Å². The zero-order chi connectivity index (χ0) is 16.3. The molecule has 8 heteroatoms. The van der Waals surface area contributed by atoms with E-state index in [-0.39, 0.29) is 16.6 Å². The minimum atomic E-state index is -3.68. The molecule has 1 aromatic carbocycles. The molecule has 0 spiro atoms. The van der Waals surface area contributed by atoms with E-state index in [9.17, 15) is 8.42 Å². The predicted octanol–water partition coefficient (Wildman–Crippen LogP) is 3.22. The van der Waals surface area contributed by atoms with Crippen LogP contribution in [0.2, 0.25) is 10.2 Å². The zero-order valence-electron chi connectivity index (χ0n) is 12.0. The van der Waals surface area contributed by atoms with Gasteiger partial charge in [-0.3, -0.25) is 0 Å². The van der Waals surface area contributed by atoms with E-state index in [0.717, 1.165) is 0 Å². The minimum Gasteiger partial charge on any atom is -0.496 e. The van der Waals surface area contributed by atoms with Crippen molar-refractivity contribution >= 4 is 33.2 Å². The van der Waals surface area contributed by atoms with E-state index >= 15 is 0 Å². The summed E-state index contributed by atoms with van der Waals surface area (Å²) in [5, 5.41) is 0.743. The number of methoxy groups -OCH3 is 1. The van der Waals surface area contributed by atoms with E-state index in [0.29, 0.717) is 16.3 Å². The molecular formula is C14H14Cl2N2O3S. The van der Waals surface area contributed by atoms with Gasteiger partial charge in [-0.05, 0) is 30.3 Å². The SMILES string of the molecule is COc1ccc(Cl)cc1CN(C)S(=O)(=O)c1ccc(Cl)nc1. The normalized spacial score (nSPS) is 11.7. The van der Waals surface area contributed by atoms with E-state index in [1.54, 1.807) is 18.2 Å². The molecule has 0 saturated heterocycles. The Morgan fingerprint density at radius 3 is 2.55 bits per heavy atom. The van der Waals surface area contributed by atoms with Crippen LogP contribution in [0.4, 0.5) is 0 Å². The molecule has 0 atom stereocenters. The van der Waals surface area contributed by atoms with Crippen LogP contribution in [-0.4, -0.2) is 31.9 Å². The minimum absolute atomic E-state index is 0.0698. The van der Waals surface area contributed by atoms with Crippen LogP contribution in [0.5, 0.6) is 5.75 Å². The topological polar surface area (TPSA) is 59.5 Å². The highest BCUT2D eigenvalue weighted by atomic mass is 35.5. The molecule has 1 heterocycles. The maximum Gasteiger partial charge on any atom is 0.244 e. The summed E-state index contributed by atoms with van der Waals surface area (Å²) in [6.45, 7) is 0.120. The Labute approximate surface area is 139 Å². The maximum atomic E-state index is 12.5. The van der Waals surface area contributed by atoms with Crippen LogP contribution in [-0.2, 0) is 16.6 Å². The van der Waals surface area contributed by atoms with E-state index in [1.807, 2.05) is 0 Å². The molecule has 0 aliphatic carbocycles. The second-order valence-electron chi connectivity index (χ2n) is 4.53. The van der Waals surface area contributed by atoms with Crippen LogP contribution in [0.1, 0.15) is 5.56 Å². The monoisotopic (exact) mass is 360 g/mol. The Morgan fingerprint density at radius 2 is 1.95 bits per heavy atom. The first-order chi connectivity index (χ1) is 10.3. The Balaban J connectivity index is 2.30. The molecular weight excluding hydrogens is 347 g/mol. The predicted molar refractivity (Wildman–Crippen MR) is 85.9 cm³/mol. The number of pyridine rings is 1. The summed E-state index contributed by atoms with van der Waals surface area (Å²) < 4.78 is 31.4. The standard InChI is InChI=1S/C14H14Cl2N2O3S/c1-18(9-10-7-11(15)3-5-13(10)21-2)22(19,20)12-4-6-14(16)17-8-12/h3-8H,9H2,1-2H3. The number of ether oxygens (including phenoxy) is 1. The molecule has 1 aromatic heterocycles. The van der Waals surface area contributed by atoms with Gasteiger partial charge in [0.25, 0.3) is 0 Å². The van der Waals surface area contributed by atoms with Crippen molar-refractivity contribution in [3.05, 3.63) is 52.3 Å². The Morgan fingerprint density at radius 1 is 1.23 bits per heavy atom. The number of aromatic nitrogens is 1. The number of hydrogen-bond donors (Lipinski definition) is 0. The number of sulfonamides is 1. The number of halogens is 2. The quantitative estimate of drug-likeness (QED) is 0.768. The average molecular weight is 361 g/mol. The van der Waals surface area contributed by atoms with Gasteiger partial charge < -0.3 is 4.74 Å². The first-order valence-electron chi connectivity index (χ1n) is 6.25. The molecule has 2 aromatic rings. The van der Waals surface area contributed by atoms with Gasteiger partial charge in [0.2, 0.25) is 10.0 Å². The van der Waals surface area contributed by atoms with Crippen molar-refractivity contribution in [2.45, 2.75) is 11.4 Å². The highest BCUT2D eigenvalue weighted by Crippen LogP contribution is 2.25. The van der Waals surface area contributed by atoms with Crippen molar-refractivity contribution in [1.82, 2.24) is 9.29 Å². The van der Waals surface area contributed by atoms with Crippen LogP contribution >= 0.6 is 23.2 Å². The molecule has 0 aliphatic heterocycles. The Kier molecular flexibility index (Phi) is 5.28. The third kappa shape index (κ3) is 3.70. The van der Waals surface area contributed by atoms with Crippen LogP contribution in [0.15, 0.2) is 41.4 Å². The molecule has 0 fully saturated rings. The lowest BCUT2D eigenvalue weighted by Gasteiger charge is -2.18. The summed E-state index contributed by atoms with van der Waals surface area (Å²) in [5.74, 6) is 0.570. The number of hydrogen-bond acceptors (Lipinski definition) is 4. The lowest BCUT2D eigenvalue weighted by molar-refractivity contribution is 0.398. The van der Waals surface area contributed by atoms with Gasteiger partial charge in [0, 0.05) is 30.4 Å². The van der Waals surface area contributed by atoms with Crippen LogP contribution in [0.3, 0.4) is 0 Å². The number of rotatable bonds is 5. The fraction of sp³-hybridized carbons (Fsp3) is 0.214. The first kappa shape index (κ1) is 17.0. The molecule has 0 radical (unpaired) electrons. The average Bonchev–Trinajstić information content (AvgIpc) is 2.48. The highest BCUT2D eigenvalue weighted by molar-refractivity contribution is 7.89. The van der Waals surface area contributed by atoms with E-state index in [2.05, 4.69) is 4.98 Å². The van der Waals surface area contributed by atoms with Gasteiger partial charge >= 0.3 is 0 Å². The molecule has 5 nitrogen and oxygen atoms in total. The zero-order valence-corrected chi connectivity index (χ0v) is 14.3. The van der Waals surface area contributed by atoms with E-state index < -0.39 is 10.0 Å². The Hall–Kier alpha value is -1.34. The van der Waals surface area contributed by atoms with Crippen molar-refractivity contribution in [1.29, 1.82) is 0 Å². The largest absolute Gasteiger partial charge is 0.496 e. The van der Waals surface area contributed by atoms with Crippen molar-refractivity contribution in [3.8, 4) is 5.75 Å². The number of nitrogens with zero attached hydrogens (tertiary/aromatic N) is 2. The summed E-state index contributed by atoms with van der Waals surface area (Å²) in [4.78, 5) is 3.87. The molecule has 0 aliphatic rings. The maximum absolute atomic E-state index is 12.5. The van der Waals surface area contributed by atoms with Gasteiger partial charge in [0.15, 0.2) is 0 Å². The Bertz CT molecular complexity index is 764. The summed E-state index contributed by atoms with van der Waals surface area (Å²) in [6, 6.07) is 7.90. The fourth-order valence-electron chi connectivity index (χ4n) is 1.89. The van der Waals surface area contributed by atoms with Gasteiger partial charge in [0.1, 0.15) is 15.8 Å². The lowest BCUT2D eigenvalue weighted by atomic mass is 10.2. The molecule has 0 amide bonds. The number of benzene rings is 1. The van der Waals surface area contributed by atoms with Crippen molar-refractivity contribution in [3.63, 3.8) is 0 Å². The van der Waals surface area contributed by atoms with Crippen molar-refractivity contribution in [2.24, 2.45) is 0 Å². The molecule has 22 heavy (non-hydrogen) atoms. The van der Waals surface area contributed by atoms with Crippen LogP contribution < -0.4 is 4.74 Å². The van der Waals surface area contributed by atoms with Gasteiger partial charge in [-0.1, -0.05) is 23.2 Å². The first-order valence-corrected chi connectivity index (χ1v) is 8.44. The molecule has 2 rings (SSSR count). The van der Waals surface area contributed by atoms with Gasteiger partial charge in [-0.2, -0.15) is 4.31 Å². The van der Waals surface area contributed by atoms with E-state index in [1.165, 1.54) is 36.8 Å². The molecule has 0 saturated carbocycles. The summed E-state index contributed by atoms with van der Waals surface area (Å²) in [7, 11) is -0.684. The van der Waals surface area contributed by atoms with Crippen molar-refractivity contribution in [2.75, 3.05) is 14.2 Å². The highest BCUT2D eigenvalue weighted by Gasteiger charge is 2.22. The summed E-state index contributed by atoms with van der Waals surface area (Å²) in [5.41, 5.74) is 0.669. The second-order valence-corrected chi connectivity index (χ2v) is 7.40. The smallest absolute Gasteiger partial charge is 0.244 e. The van der Waals surface area contributed by atoms with E-state index in [4.69, 9.17) is 27.9 Å². The summed E-state index contributed by atoms with van der Waals surface area (Å²) >= 11 is 11.6. The third-order valence-electron chi connectivity index (χ3n) is 3.04. The molecule has 118 valence electrons. The van der Waals surface area contributed by atoms with Crippen LogP contribution in [0, 0.1) is 0 Å². The van der Waals surface area contributed by atoms with Crippen molar-refractivity contribution < 1.29 is 13.2 Å². The molecule has 0 unspecified atom stereocenters.